The maximum atomic E-state index is 13.0. The van der Waals surface area contributed by atoms with E-state index in [1.165, 1.54) is 0 Å². The van der Waals surface area contributed by atoms with E-state index in [-0.39, 0.29) is 22.7 Å². The lowest BCUT2D eigenvalue weighted by atomic mass is 10.0. The molecule has 1 heterocycles. The van der Waals surface area contributed by atoms with Crippen LogP contribution in [0, 0.1) is 0 Å². The Kier molecular flexibility index (Phi) is 4.83. The van der Waals surface area contributed by atoms with Crippen molar-refractivity contribution < 1.29 is 8.42 Å². The molecule has 2 unspecified atom stereocenters. The number of rotatable bonds is 2. The molecule has 0 aromatic heterocycles. The first-order valence-corrected chi connectivity index (χ1v) is 9.56. The van der Waals surface area contributed by atoms with Crippen LogP contribution in [0.5, 0.6) is 0 Å². The van der Waals surface area contributed by atoms with E-state index in [2.05, 4.69) is 31.9 Å². The summed E-state index contributed by atoms with van der Waals surface area (Å²) in [5.74, 6) is 0. The quantitative estimate of drug-likeness (QED) is 0.734. The Morgan fingerprint density at radius 1 is 1.20 bits per heavy atom. The van der Waals surface area contributed by atoms with Crippen LogP contribution in [0.4, 0.5) is 5.69 Å². The highest BCUT2D eigenvalue weighted by atomic mass is 79.9. The van der Waals surface area contributed by atoms with E-state index in [9.17, 15) is 8.42 Å². The van der Waals surface area contributed by atoms with E-state index in [0.717, 1.165) is 23.7 Å². The molecule has 1 aliphatic heterocycles. The van der Waals surface area contributed by atoms with Gasteiger partial charge in [-0.2, -0.15) is 4.31 Å². The molecule has 1 aromatic rings. The second-order valence-electron chi connectivity index (χ2n) is 5.27. The van der Waals surface area contributed by atoms with Gasteiger partial charge in [0.1, 0.15) is 4.90 Å². The van der Waals surface area contributed by atoms with Crippen molar-refractivity contribution in [3.63, 3.8) is 0 Å². The lowest BCUT2D eigenvalue weighted by Crippen LogP contribution is -2.47. The molecule has 0 aliphatic carbocycles. The maximum absolute atomic E-state index is 13.0. The zero-order valence-electron chi connectivity index (χ0n) is 11.4. The highest BCUT2D eigenvalue weighted by Gasteiger charge is 2.37. The maximum Gasteiger partial charge on any atom is 0.246 e. The Bertz CT molecular complexity index is 586. The minimum absolute atomic E-state index is 0.00121. The van der Waals surface area contributed by atoms with Crippen molar-refractivity contribution >= 4 is 47.6 Å². The Hall–Kier alpha value is -0.110. The van der Waals surface area contributed by atoms with E-state index < -0.39 is 10.0 Å². The van der Waals surface area contributed by atoms with Gasteiger partial charge in [0.25, 0.3) is 0 Å². The third kappa shape index (κ3) is 2.91. The highest BCUT2D eigenvalue weighted by molar-refractivity contribution is 9.11. The number of piperidine rings is 1. The van der Waals surface area contributed by atoms with Gasteiger partial charge in [-0.15, -0.1) is 0 Å². The Morgan fingerprint density at radius 2 is 1.75 bits per heavy atom. The topological polar surface area (TPSA) is 63.4 Å². The summed E-state index contributed by atoms with van der Waals surface area (Å²) in [6.45, 7) is 3.91. The van der Waals surface area contributed by atoms with Crippen molar-refractivity contribution in [1.29, 1.82) is 0 Å². The van der Waals surface area contributed by atoms with Crippen LogP contribution >= 0.6 is 31.9 Å². The second-order valence-corrected chi connectivity index (χ2v) is 8.82. The van der Waals surface area contributed by atoms with Crippen LogP contribution in [0.25, 0.3) is 0 Å². The van der Waals surface area contributed by atoms with E-state index >= 15 is 0 Å². The molecule has 112 valence electrons. The van der Waals surface area contributed by atoms with Gasteiger partial charge < -0.3 is 5.73 Å². The number of halogens is 2. The van der Waals surface area contributed by atoms with Gasteiger partial charge in [0.2, 0.25) is 10.0 Å². The van der Waals surface area contributed by atoms with Crippen molar-refractivity contribution in [3.8, 4) is 0 Å². The molecule has 2 N–H and O–H groups in total. The summed E-state index contributed by atoms with van der Waals surface area (Å²) >= 11 is 6.64. The monoisotopic (exact) mass is 424 g/mol. The molecule has 0 bridgehead atoms. The Morgan fingerprint density at radius 3 is 2.25 bits per heavy atom. The third-order valence-corrected chi connectivity index (χ3v) is 7.28. The minimum atomic E-state index is -3.60. The fraction of sp³-hybridized carbons (Fsp3) is 0.538. The fourth-order valence-corrected chi connectivity index (χ4v) is 6.73. The zero-order valence-corrected chi connectivity index (χ0v) is 15.4. The Balaban J connectivity index is 2.55. The first kappa shape index (κ1) is 16.3. The van der Waals surface area contributed by atoms with Crippen LogP contribution in [-0.2, 0) is 10.0 Å². The lowest BCUT2D eigenvalue weighted by Gasteiger charge is -2.38. The second kappa shape index (κ2) is 5.94. The van der Waals surface area contributed by atoms with Gasteiger partial charge in [-0.3, -0.25) is 0 Å². The van der Waals surface area contributed by atoms with E-state index in [4.69, 9.17) is 5.73 Å². The van der Waals surface area contributed by atoms with Crippen molar-refractivity contribution in [2.24, 2.45) is 0 Å². The SMILES string of the molecule is CC1CCCC(C)N1S(=O)(=O)c1c(N)cc(Br)cc1Br. The molecule has 2 rings (SSSR count). The first-order valence-electron chi connectivity index (χ1n) is 6.53. The standard InChI is InChI=1S/C13H18Br2N2O2S/c1-8-4-3-5-9(2)17(8)20(18,19)13-11(15)6-10(14)7-12(13)16/h6-9H,3-5,16H2,1-2H3. The van der Waals surface area contributed by atoms with E-state index in [0.29, 0.717) is 4.47 Å². The van der Waals surface area contributed by atoms with Crippen molar-refractivity contribution in [2.75, 3.05) is 5.73 Å². The van der Waals surface area contributed by atoms with Crippen LogP contribution in [-0.4, -0.2) is 24.8 Å². The van der Waals surface area contributed by atoms with Crippen molar-refractivity contribution in [3.05, 3.63) is 21.1 Å². The Labute approximate surface area is 137 Å². The lowest BCUT2D eigenvalue weighted by molar-refractivity contribution is 0.204. The number of sulfonamides is 1. The number of hydrogen-bond donors (Lipinski definition) is 1. The molecule has 1 aliphatic rings. The van der Waals surface area contributed by atoms with Crippen molar-refractivity contribution in [2.45, 2.75) is 50.1 Å². The third-order valence-electron chi connectivity index (χ3n) is 3.69. The number of benzene rings is 1. The van der Waals surface area contributed by atoms with Crippen LogP contribution < -0.4 is 5.73 Å². The minimum Gasteiger partial charge on any atom is -0.398 e. The molecule has 0 radical (unpaired) electrons. The number of hydrogen-bond acceptors (Lipinski definition) is 3. The first-order chi connectivity index (χ1) is 9.25. The number of nitrogens with two attached hydrogens (primary N) is 1. The molecular weight excluding hydrogens is 408 g/mol. The summed E-state index contributed by atoms with van der Waals surface area (Å²) in [5, 5.41) is 0. The predicted octanol–water partition coefficient (Wildman–Crippen LogP) is 3.75. The molecule has 1 fully saturated rings. The van der Waals surface area contributed by atoms with Gasteiger partial charge in [0.05, 0.1) is 5.69 Å². The van der Waals surface area contributed by atoms with Gasteiger partial charge >= 0.3 is 0 Å². The molecule has 1 aromatic carbocycles. The molecule has 4 nitrogen and oxygen atoms in total. The number of nitrogens with zero attached hydrogens (tertiary/aromatic N) is 1. The van der Waals surface area contributed by atoms with Crippen LogP contribution in [0.15, 0.2) is 26.0 Å². The largest absolute Gasteiger partial charge is 0.398 e. The summed E-state index contributed by atoms with van der Waals surface area (Å²) in [7, 11) is -3.60. The van der Waals surface area contributed by atoms with E-state index in [1.54, 1.807) is 16.4 Å². The van der Waals surface area contributed by atoms with Crippen LogP contribution in [0.3, 0.4) is 0 Å². The smallest absolute Gasteiger partial charge is 0.246 e. The fourth-order valence-electron chi connectivity index (χ4n) is 2.83. The van der Waals surface area contributed by atoms with Crippen LogP contribution in [0.1, 0.15) is 33.1 Å². The average molecular weight is 426 g/mol. The molecule has 1 saturated heterocycles. The number of nitrogen functional groups attached to an aromatic ring is 1. The molecule has 0 amide bonds. The summed E-state index contributed by atoms with van der Waals surface area (Å²) in [4.78, 5) is 0.168. The van der Waals surface area contributed by atoms with Gasteiger partial charge in [-0.05, 0) is 54.8 Å². The summed E-state index contributed by atoms with van der Waals surface area (Å²) in [5.41, 5.74) is 6.20. The number of anilines is 1. The zero-order chi connectivity index (χ0) is 15.1. The van der Waals surface area contributed by atoms with Gasteiger partial charge in [-0.25, -0.2) is 8.42 Å². The summed E-state index contributed by atoms with van der Waals surface area (Å²) < 4.78 is 28.8. The molecule has 7 heteroatoms. The summed E-state index contributed by atoms with van der Waals surface area (Å²) in [6, 6.07) is 3.33. The van der Waals surface area contributed by atoms with Gasteiger partial charge in [-0.1, -0.05) is 22.4 Å². The molecule has 0 spiro atoms. The van der Waals surface area contributed by atoms with Crippen LogP contribution in [0.2, 0.25) is 0 Å². The van der Waals surface area contributed by atoms with Gasteiger partial charge in [0.15, 0.2) is 0 Å². The predicted molar refractivity (Wildman–Crippen MR) is 88.1 cm³/mol. The normalized spacial score (nSPS) is 24.8. The summed E-state index contributed by atoms with van der Waals surface area (Å²) in [6.07, 6.45) is 2.83. The van der Waals surface area contributed by atoms with E-state index in [1.807, 2.05) is 13.8 Å². The molecule has 20 heavy (non-hydrogen) atoms. The molecular formula is C13H18Br2N2O2S. The average Bonchev–Trinajstić information content (AvgIpc) is 2.25. The highest BCUT2D eigenvalue weighted by Crippen LogP contribution is 2.37. The van der Waals surface area contributed by atoms with Gasteiger partial charge in [0, 0.05) is 21.0 Å². The van der Waals surface area contributed by atoms with Crippen molar-refractivity contribution in [1.82, 2.24) is 4.31 Å². The molecule has 2 atom stereocenters. The molecule has 0 saturated carbocycles.